The Balaban J connectivity index is 0.000000296. The SMILES string of the molecule is COc1ccc(C=CC(=O)O)cc1[N+](=O)[O-].COc1ccc(C=O)cc1[N+](=O)[O-]. The molecule has 0 amide bonds. The van der Waals surface area contributed by atoms with Crippen molar-refractivity contribution in [3.63, 3.8) is 0 Å². The van der Waals surface area contributed by atoms with Gasteiger partial charge in [-0.3, -0.25) is 25.0 Å². The number of carbonyl (C=O) groups is 2. The Morgan fingerprint density at radius 1 is 0.931 bits per heavy atom. The zero-order valence-electron chi connectivity index (χ0n) is 15.3. The van der Waals surface area contributed by atoms with Crippen LogP contribution in [-0.2, 0) is 4.79 Å². The Morgan fingerprint density at radius 3 is 1.76 bits per heavy atom. The van der Waals surface area contributed by atoms with Crippen LogP contribution in [0.1, 0.15) is 15.9 Å². The molecule has 0 saturated carbocycles. The van der Waals surface area contributed by atoms with E-state index in [4.69, 9.17) is 14.6 Å². The van der Waals surface area contributed by atoms with E-state index in [1.165, 1.54) is 56.7 Å². The minimum atomic E-state index is -1.11. The second-order valence-corrected chi connectivity index (χ2v) is 5.17. The highest BCUT2D eigenvalue weighted by molar-refractivity contribution is 5.85. The fourth-order valence-electron chi connectivity index (χ4n) is 2.04. The van der Waals surface area contributed by atoms with Gasteiger partial charge in [-0.05, 0) is 29.8 Å². The number of hydrogen-bond donors (Lipinski definition) is 1. The summed E-state index contributed by atoms with van der Waals surface area (Å²) in [6, 6.07) is 8.22. The number of carboxylic acids is 1. The smallest absolute Gasteiger partial charge is 0.328 e. The van der Waals surface area contributed by atoms with Gasteiger partial charge in [-0.25, -0.2) is 4.79 Å². The number of rotatable bonds is 7. The van der Waals surface area contributed by atoms with E-state index < -0.39 is 15.8 Å². The molecule has 0 spiro atoms. The van der Waals surface area contributed by atoms with Crippen LogP contribution in [0.5, 0.6) is 11.5 Å². The van der Waals surface area contributed by atoms with Crippen molar-refractivity contribution < 1.29 is 34.0 Å². The fraction of sp³-hybridized carbons (Fsp3) is 0.111. The van der Waals surface area contributed by atoms with Crippen LogP contribution in [0.3, 0.4) is 0 Å². The van der Waals surface area contributed by atoms with Crippen LogP contribution in [0.25, 0.3) is 6.08 Å². The molecule has 0 unspecified atom stereocenters. The van der Waals surface area contributed by atoms with Crippen molar-refractivity contribution in [2.75, 3.05) is 14.2 Å². The third-order valence-electron chi connectivity index (χ3n) is 3.35. The van der Waals surface area contributed by atoms with Crippen molar-refractivity contribution in [2.45, 2.75) is 0 Å². The number of aliphatic carboxylic acids is 1. The highest BCUT2D eigenvalue weighted by Crippen LogP contribution is 2.28. The van der Waals surface area contributed by atoms with E-state index in [9.17, 15) is 29.8 Å². The molecule has 1 N–H and O–H groups in total. The maximum absolute atomic E-state index is 10.7. The third kappa shape index (κ3) is 6.75. The summed E-state index contributed by atoms with van der Waals surface area (Å²) >= 11 is 0. The normalized spacial score (nSPS) is 9.86. The first kappa shape index (κ1) is 22.8. The molecule has 2 rings (SSSR count). The first-order chi connectivity index (χ1) is 13.7. The minimum Gasteiger partial charge on any atom is -0.490 e. The van der Waals surface area contributed by atoms with Crippen LogP contribution in [-0.4, -0.2) is 41.4 Å². The van der Waals surface area contributed by atoms with Gasteiger partial charge < -0.3 is 14.6 Å². The molecule has 0 radical (unpaired) electrons. The van der Waals surface area contributed by atoms with Gasteiger partial charge in [-0.15, -0.1) is 0 Å². The van der Waals surface area contributed by atoms with Gasteiger partial charge in [-0.2, -0.15) is 0 Å². The average Bonchev–Trinajstić information content (AvgIpc) is 2.71. The molecule has 0 aliphatic carbocycles. The largest absolute Gasteiger partial charge is 0.490 e. The van der Waals surface area contributed by atoms with Crippen LogP contribution in [0.15, 0.2) is 42.5 Å². The molecule has 0 atom stereocenters. The van der Waals surface area contributed by atoms with Gasteiger partial charge >= 0.3 is 17.3 Å². The van der Waals surface area contributed by atoms with Crippen LogP contribution in [0.4, 0.5) is 11.4 Å². The van der Waals surface area contributed by atoms with Gasteiger partial charge in [0.25, 0.3) is 0 Å². The third-order valence-corrected chi connectivity index (χ3v) is 3.35. The predicted octanol–water partition coefficient (Wildman–Crippen LogP) is 3.12. The Morgan fingerprint density at radius 2 is 1.38 bits per heavy atom. The van der Waals surface area contributed by atoms with E-state index >= 15 is 0 Å². The zero-order chi connectivity index (χ0) is 22.0. The summed E-state index contributed by atoms with van der Waals surface area (Å²) < 4.78 is 9.55. The summed E-state index contributed by atoms with van der Waals surface area (Å²) in [5.41, 5.74) is 0.282. The highest BCUT2D eigenvalue weighted by atomic mass is 16.6. The molecule has 0 aliphatic heterocycles. The van der Waals surface area contributed by atoms with Crippen molar-refractivity contribution in [2.24, 2.45) is 0 Å². The van der Waals surface area contributed by atoms with E-state index in [1.54, 1.807) is 0 Å². The lowest BCUT2D eigenvalue weighted by molar-refractivity contribution is -0.385. The summed E-state index contributed by atoms with van der Waals surface area (Å²) in [6.07, 6.45) is 2.73. The van der Waals surface area contributed by atoms with E-state index in [0.29, 0.717) is 11.8 Å². The molecule has 11 heteroatoms. The molecule has 11 nitrogen and oxygen atoms in total. The number of carboxylic acid groups (broad SMARTS) is 1. The van der Waals surface area contributed by atoms with Crippen LogP contribution in [0, 0.1) is 20.2 Å². The molecule has 0 bridgehead atoms. The monoisotopic (exact) mass is 404 g/mol. The van der Waals surface area contributed by atoms with Crippen LogP contribution >= 0.6 is 0 Å². The second kappa shape index (κ2) is 10.8. The molecule has 0 aliphatic rings. The lowest BCUT2D eigenvalue weighted by atomic mass is 10.1. The molecule has 0 aromatic heterocycles. The Kier molecular flexibility index (Phi) is 8.45. The zero-order valence-corrected chi connectivity index (χ0v) is 15.3. The number of nitro groups is 2. The molecule has 2 aromatic rings. The molecule has 0 heterocycles. The van der Waals surface area contributed by atoms with Crippen LogP contribution < -0.4 is 9.47 Å². The van der Waals surface area contributed by atoms with E-state index in [-0.39, 0.29) is 28.4 Å². The molecular weight excluding hydrogens is 388 g/mol. The number of aldehydes is 1. The van der Waals surface area contributed by atoms with Gasteiger partial charge in [0.15, 0.2) is 11.5 Å². The Labute approximate surface area is 164 Å². The standard InChI is InChI=1S/C10H9NO5.C8H7NO4/c1-16-9-4-2-7(3-5-10(12)13)6-8(9)11(14)15;1-13-8-3-2-6(5-10)4-7(8)9(11)12/h2-6H,1H3,(H,12,13);2-5H,1H3. The lowest BCUT2D eigenvalue weighted by Gasteiger charge is -2.01. The highest BCUT2D eigenvalue weighted by Gasteiger charge is 2.15. The number of benzene rings is 2. The fourth-order valence-corrected chi connectivity index (χ4v) is 2.04. The number of carbonyl (C=O) groups excluding carboxylic acids is 1. The van der Waals surface area contributed by atoms with Crippen LogP contribution in [0.2, 0.25) is 0 Å². The molecular formula is C18H16N2O9. The van der Waals surface area contributed by atoms with Crippen molar-refractivity contribution in [1.82, 2.24) is 0 Å². The molecule has 0 fully saturated rings. The number of hydrogen-bond acceptors (Lipinski definition) is 8. The summed E-state index contributed by atoms with van der Waals surface area (Å²) in [6.45, 7) is 0. The molecule has 29 heavy (non-hydrogen) atoms. The Hall–Kier alpha value is -4.28. The quantitative estimate of drug-likeness (QED) is 0.316. The average molecular weight is 404 g/mol. The van der Waals surface area contributed by atoms with Gasteiger partial charge in [-0.1, -0.05) is 6.07 Å². The summed E-state index contributed by atoms with van der Waals surface area (Å²) in [7, 11) is 2.66. The second-order valence-electron chi connectivity index (χ2n) is 5.17. The maximum Gasteiger partial charge on any atom is 0.328 e. The molecule has 0 saturated heterocycles. The Bertz CT molecular complexity index is 954. The van der Waals surface area contributed by atoms with E-state index in [1.807, 2.05) is 0 Å². The van der Waals surface area contributed by atoms with E-state index in [0.717, 1.165) is 6.08 Å². The first-order valence-electron chi connectivity index (χ1n) is 7.74. The lowest BCUT2D eigenvalue weighted by Crippen LogP contribution is -1.94. The number of nitro benzene ring substituents is 2. The van der Waals surface area contributed by atoms with Gasteiger partial charge in [0.05, 0.1) is 24.1 Å². The maximum atomic E-state index is 10.7. The number of methoxy groups -OCH3 is 2. The van der Waals surface area contributed by atoms with Gasteiger partial charge in [0, 0.05) is 23.8 Å². The summed E-state index contributed by atoms with van der Waals surface area (Å²) in [5, 5.41) is 29.5. The van der Waals surface area contributed by atoms with Crippen molar-refractivity contribution in [1.29, 1.82) is 0 Å². The van der Waals surface area contributed by atoms with Crippen molar-refractivity contribution in [3.05, 3.63) is 73.8 Å². The summed E-state index contributed by atoms with van der Waals surface area (Å²) in [5.74, 6) is -0.827. The predicted molar refractivity (Wildman–Crippen MR) is 101 cm³/mol. The van der Waals surface area contributed by atoms with Gasteiger partial charge in [0.1, 0.15) is 6.29 Å². The molecule has 2 aromatic carbocycles. The van der Waals surface area contributed by atoms with Crippen molar-refractivity contribution in [3.8, 4) is 11.5 Å². The number of nitrogens with zero attached hydrogens (tertiary/aromatic N) is 2. The van der Waals surface area contributed by atoms with E-state index in [2.05, 4.69) is 0 Å². The summed E-state index contributed by atoms with van der Waals surface area (Å²) in [4.78, 5) is 40.5. The number of ether oxygens (including phenoxy) is 2. The molecule has 152 valence electrons. The first-order valence-corrected chi connectivity index (χ1v) is 7.74. The van der Waals surface area contributed by atoms with Gasteiger partial charge in [0.2, 0.25) is 0 Å². The topological polar surface area (TPSA) is 159 Å². The minimum absolute atomic E-state index is 0.137. The van der Waals surface area contributed by atoms with Crippen molar-refractivity contribution >= 4 is 29.7 Å².